The molecule has 7 nitrogen and oxygen atoms in total. The second kappa shape index (κ2) is 5.90. The molecule has 0 unspecified atom stereocenters. The summed E-state index contributed by atoms with van der Waals surface area (Å²) < 4.78 is 0. The minimum Gasteiger partial charge on any atom is -0.320 e. The maximum absolute atomic E-state index is 11.8. The standard InChI is InChI=1S/C11H9N5O2S/c12-5-1-2-7-6-13-11(19-7)14-10(18)8-3-4-9(17)16-15-8/h3-4,6H,5,12H2,(H,16,17)(H,13,14,18). The molecule has 0 aliphatic carbocycles. The van der Waals surface area contributed by atoms with Crippen molar-refractivity contribution in [2.24, 2.45) is 5.73 Å². The van der Waals surface area contributed by atoms with E-state index in [4.69, 9.17) is 5.73 Å². The van der Waals surface area contributed by atoms with Gasteiger partial charge in [-0.05, 0) is 6.07 Å². The second-order valence-corrected chi connectivity index (χ2v) is 4.33. The summed E-state index contributed by atoms with van der Waals surface area (Å²) >= 11 is 1.23. The van der Waals surface area contributed by atoms with E-state index in [1.54, 1.807) is 6.20 Å². The highest BCUT2D eigenvalue weighted by molar-refractivity contribution is 7.16. The third-order valence-electron chi connectivity index (χ3n) is 1.95. The van der Waals surface area contributed by atoms with Crippen LogP contribution >= 0.6 is 11.3 Å². The zero-order valence-corrected chi connectivity index (χ0v) is 10.5. The van der Waals surface area contributed by atoms with Gasteiger partial charge < -0.3 is 5.73 Å². The number of anilines is 1. The molecule has 0 aromatic carbocycles. The summed E-state index contributed by atoms with van der Waals surface area (Å²) in [5, 5.41) is 8.76. The number of carbonyl (C=O) groups is 1. The minimum atomic E-state index is -0.455. The van der Waals surface area contributed by atoms with Crippen molar-refractivity contribution < 1.29 is 4.79 Å². The molecule has 8 heteroatoms. The van der Waals surface area contributed by atoms with Crippen LogP contribution in [0.25, 0.3) is 0 Å². The molecule has 0 atom stereocenters. The molecule has 0 spiro atoms. The molecule has 0 aliphatic rings. The zero-order chi connectivity index (χ0) is 13.7. The first-order valence-electron chi connectivity index (χ1n) is 5.21. The van der Waals surface area contributed by atoms with Gasteiger partial charge in [-0.3, -0.25) is 14.9 Å². The summed E-state index contributed by atoms with van der Waals surface area (Å²) in [5.74, 6) is 5.05. The Bertz CT molecular complexity index is 689. The van der Waals surface area contributed by atoms with Crippen LogP contribution in [0.2, 0.25) is 0 Å². The number of hydrogen-bond donors (Lipinski definition) is 3. The first kappa shape index (κ1) is 12.9. The number of amides is 1. The Labute approximate surface area is 111 Å². The quantitative estimate of drug-likeness (QED) is 0.656. The Hall–Kier alpha value is -2.50. The molecule has 0 radical (unpaired) electrons. The fraction of sp³-hybridized carbons (Fsp3) is 0.0909. The third kappa shape index (κ3) is 3.48. The van der Waals surface area contributed by atoms with Crippen molar-refractivity contribution in [3.8, 4) is 11.8 Å². The molecule has 2 rings (SSSR count). The van der Waals surface area contributed by atoms with Crippen LogP contribution in [0.4, 0.5) is 5.13 Å². The number of hydrogen-bond acceptors (Lipinski definition) is 6. The zero-order valence-electron chi connectivity index (χ0n) is 9.64. The SMILES string of the molecule is NCC#Cc1cnc(NC(=O)c2ccc(=O)[nH]n2)s1. The van der Waals surface area contributed by atoms with Crippen LogP contribution in [0.5, 0.6) is 0 Å². The van der Waals surface area contributed by atoms with E-state index in [-0.39, 0.29) is 17.8 Å². The minimum absolute atomic E-state index is 0.101. The van der Waals surface area contributed by atoms with Crippen molar-refractivity contribution in [3.05, 3.63) is 39.3 Å². The van der Waals surface area contributed by atoms with E-state index in [1.165, 1.54) is 23.5 Å². The smallest absolute Gasteiger partial charge is 0.277 e. The normalized spacial score (nSPS) is 9.53. The molecule has 0 saturated carbocycles. The average Bonchev–Trinajstić information content (AvgIpc) is 2.84. The number of aromatic amines is 1. The first-order chi connectivity index (χ1) is 9.19. The number of carbonyl (C=O) groups excluding carboxylic acids is 1. The number of H-pyrrole nitrogens is 1. The summed E-state index contributed by atoms with van der Waals surface area (Å²) in [5.41, 5.74) is 4.99. The van der Waals surface area contributed by atoms with Gasteiger partial charge in [-0.15, -0.1) is 0 Å². The molecule has 0 bridgehead atoms. The molecular formula is C11H9N5O2S. The van der Waals surface area contributed by atoms with E-state index in [1.807, 2.05) is 0 Å². The van der Waals surface area contributed by atoms with Gasteiger partial charge in [0.25, 0.3) is 11.5 Å². The van der Waals surface area contributed by atoms with E-state index in [0.29, 0.717) is 10.0 Å². The molecule has 0 fully saturated rings. The molecule has 4 N–H and O–H groups in total. The number of nitrogens with one attached hydrogen (secondary N) is 2. The van der Waals surface area contributed by atoms with E-state index in [2.05, 4.69) is 32.3 Å². The fourth-order valence-electron chi connectivity index (χ4n) is 1.16. The predicted molar refractivity (Wildman–Crippen MR) is 70.9 cm³/mol. The molecule has 2 aromatic heterocycles. The lowest BCUT2D eigenvalue weighted by atomic mass is 10.4. The third-order valence-corrected chi connectivity index (χ3v) is 2.78. The molecule has 0 saturated heterocycles. The monoisotopic (exact) mass is 275 g/mol. The van der Waals surface area contributed by atoms with Crippen LogP contribution in [-0.4, -0.2) is 27.6 Å². The Balaban J connectivity index is 2.08. The Morgan fingerprint density at radius 3 is 3.05 bits per heavy atom. The summed E-state index contributed by atoms with van der Waals surface area (Å²) in [6.07, 6.45) is 1.54. The lowest BCUT2D eigenvalue weighted by molar-refractivity contribution is 0.102. The first-order valence-corrected chi connectivity index (χ1v) is 6.02. The van der Waals surface area contributed by atoms with Crippen LogP contribution in [0, 0.1) is 11.8 Å². The summed E-state index contributed by atoms with van der Waals surface area (Å²) in [6.45, 7) is 0.265. The van der Waals surface area contributed by atoms with E-state index in [0.717, 1.165) is 0 Å². The highest BCUT2D eigenvalue weighted by Crippen LogP contribution is 2.17. The molecule has 1 amide bonds. The highest BCUT2D eigenvalue weighted by atomic mass is 32.1. The molecule has 2 aromatic rings. The van der Waals surface area contributed by atoms with E-state index >= 15 is 0 Å². The van der Waals surface area contributed by atoms with Gasteiger partial charge in [0.05, 0.1) is 17.6 Å². The predicted octanol–water partition coefficient (Wildman–Crippen LogP) is -0.211. The van der Waals surface area contributed by atoms with Gasteiger partial charge in [-0.25, -0.2) is 10.1 Å². The fourth-order valence-corrected chi connectivity index (χ4v) is 1.85. The maximum atomic E-state index is 11.8. The number of nitrogens with zero attached hydrogens (tertiary/aromatic N) is 2. The second-order valence-electron chi connectivity index (χ2n) is 3.30. The Kier molecular flexibility index (Phi) is 4.02. The molecule has 96 valence electrons. The van der Waals surface area contributed by atoms with Gasteiger partial charge in [0.1, 0.15) is 5.69 Å². The van der Waals surface area contributed by atoms with Crippen LogP contribution in [0.1, 0.15) is 15.4 Å². The molecule has 2 heterocycles. The molecule has 19 heavy (non-hydrogen) atoms. The van der Waals surface area contributed by atoms with Crippen molar-refractivity contribution >= 4 is 22.4 Å². The lowest BCUT2D eigenvalue weighted by Crippen LogP contribution is -2.17. The van der Waals surface area contributed by atoms with Crippen molar-refractivity contribution in [1.29, 1.82) is 0 Å². The largest absolute Gasteiger partial charge is 0.320 e. The molecular weight excluding hydrogens is 266 g/mol. The Morgan fingerprint density at radius 2 is 2.37 bits per heavy atom. The van der Waals surface area contributed by atoms with Crippen LogP contribution in [0.15, 0.2) is 23.1 Å². The summed E-state index contributed by atoms with van der Waals surface area (Å²) in [7, 11) is 0. The number of nitrogens with two attached hydrogens (primary N) is 1. The summed E-state index contributed by atoms with van der Waals surface area (Å²) in [6, 6.07) is 2.55. The lowest BCUT2D eigenvalue weighted by Gasteiger charge is -1.98. The van der Waals surface area contributed by atoms with Crippen molar-refractivity contribution in [3.63, 3.8) is 0 Å². The topological polar surface area (TPSA) is 114 Å². The van der Waals surface area contributed by atoms with Gasteiger partial charge in [-0.2, -0.15) is 5.10 Å². The highest BCUT2D eigenvalue weighted by Gasteiger charge is 2.09. The molecule has 0 aliphatic heterocycles. The van der Waals surface area contributed by atoms with Crippen molar-refractivity contribution in [2.45, 2.75) is 0 Å². The van der Waals surface area contributed by atoms with Crippen LogP contribution in [0.3, 0.4) is 0 Å². The Morgan fingerprint density at radius 1 is 1.53 bits per heavy atom. The van der Waals surface area contributed by atoms with Gasteiger partial charge in [0.2, 0.25) is 0 Å². The number of thiazole rings is 1. The number of rotatable bonds is 2. The van der Waals surface area contributed by atoms with Crippen LogP contribution < -0.4 is 16.6 Å². The van der Waals surface area contributed by atoms with Gasteiger partial charge in [0.15, 0.2) is 5.13 Å². The van der Waals surface area contributed by atoms with E-state index < -0.39 is 5.91 Å². The summed E-state index contributed by atoms with van der Waals surface area (Å²) in [4.78, 5) is 27.3. The van der Waals surface area contributed by atoms with Gasteiger partial charge in [-0.1, -0.05) is 23.2 Å². The van der Waals surface area contributed by atoms with Crippen molar-refractivity contribution in [1.82, 2.24) is 15.2 Å². The maximum Gasteiger partial charge on any atom is 0.277 e. The van der Waals surface area contributed by atoms with Gasteiger partial charge in [0, 0.05) is 6.07 Å². The number of aromatic nitrogens is 3. The van der Waals surface area contributed by atoms with Gasteiger partial charge >= 0.3 is 0 Å². The van der Waals surface area contributed by atoms with E-state index in [9.17, 15) is 9.59 Å². The average molecular weight is 275 g/mol. The van der Waals surface area contributed by atoms with Crippen LogP contribution in [-0.2, 0) is 0 Å². The van der Waals surface area contributed by atoms with Crippen molar-refractivity contribution in [2.75, 3.05) is 11.9 Å².